The van der Waals surface area contributed by atoms with Gasteiger partial charge in [0.2, 0.25) is 11.8 Å². The summed E-state index contributed by atoms with van der Waals surface area (Å²) in [6, 6.07) is 0. The van der Waals surface area contributed by atoms with E-state index in [-0.39, 0.29) is 17.4 Å². The molecule has 0 aromatic heterocycles. The van der Waals surface area contributed by atoms with Crippen molar-refractivity contribution in [2.45, 2.75) is 78.7 Å². The third-order valence-electron chi connectivity index (χ3n) is 3.28. The number of hydrogen-bond donors (Lipinski definition) is 0. The lowest BCUT2D eigenvalue weighted by Gasteiger charge is -2.39. The molecule has 3 heteroatoms. The second kappa shape index (κ2) is 7.46. The molecular weight excluding hydrogens is 214 g/mol. The summed E-state index contributed by atoms with van der Waals surface area (Å²) in [6.45, 7) is 9.25. The van der Waals surface area contributed by atoms with Gasteiger partial charge in [-0.1, -0.05) is 39.5 Å². The summed E-state index contributed by atoms with van der Waals surface area (Å²) >= 11 is 0. The molecule has 17 heavy (non-hydrogen) atoms. The van der Waals surface area contributed by atoms with Crippen molar-refractivity contribution in [2.75, 3.05) is 0 Å². The topological polar surface area (TPSA) is 37.4 Å². The van der Waals surface area contributed by atoms with E-state index < -0.39 is 0 Å². The molecule has 0 aliphatic heterocycles. The largest absolute Gasteiger partial charge is 0.277 e. The summed E-state index contributed by atoms with van der Waals surface area (Å²) in [7, 11) is 0. The maximum atomic E-state index is 11.6. The normalized spacial score (nSPS) is 14.2. The Morgan fingerprint density at radius 2 is 1.47 bits per heavy atom. The fourth-order valence-corrected chi connectivity index (χ4v) is 2.62. The summed E-state index contributed by atoms with van der Waals surface area (Å²) in [5.74, 6) is -0.269. The molecule has 0 radical (unpaired) electrons. The van der Waals surface area contributed by atoms with E-state index in [0.29, 0.717) is 0 Å². The Kier molecular flexibility index (Phi) is 7.09. The summed E-state index contributed by atoms with van der Waals surface area (Å²) < 4.78 is 0. The highest BCUT2D eigenvalue weighted by molar-refractivity contribution is 5.93. The van der Waals surface area contributed by atoms with Crippen LogP contribution >= 0.6 is 0 Å². The zero-order valence-electron chi connectivity index (χ0n) is 12.0. The van der Waals surface area contributed by atoms with Crippen LogP contribution in [0.15, 0.2) is 0 Å². The number of nitrogens with zero attached hydrogens (tertiary/aromatic N) is 1. The van der Waals surface area contributed by atoms with Crippen molar-refractivity contribution < 1.29 is 9.59 Å². The van der Waals surface area contributed by atoms with E-state index >= 15 is 0 Å². The molecule has 2 amide bonds. The maximum Gasteiger partial charge on any atom is 0.226 e. The van der Waals surface area contributed by atoms with E-state index in [1.165, 1.54) is 18.7 Å². The van der Waals surface area contributed by atoms with Gasteiger partial charge in [-0.2, -0.15) is 0 Å². The van der Waals surface area contributed by atoms with Gasteiger partial charge >= 0.3 is 0 Å². The molecule has 0 saturated carbocycles. The fourth-order valence-electron chi connectivity index (χ4n) is 2.62. The minimum absolute atomic E-state index is 0.134. The quantitative estimate of drug-likeness (QED) is 0.639. The molecule has 3 nitrogen and oxygen atoms in total. The predicted molar refractivity (Wildman–Crippen MR) is 70.7 cm³/mol. The van der Waals surface area contributed by atoms with Crippen LogP contribution in [0.4, 0.5) is 0 Å². The molecule has 0 bridgehead atoms. The van der Waals surface area contributed by atoms with Crippen LogP contribution in [0.25, 0.3) is 0 Å². The number of rotatable bonds is 7. The van der Waals surface area contributed by atoms with E-state index in [0.717, 1.165) is 38.5 Å². The van der Waals surface area contributed by atoms with Crippen molar-refractivity contribution in [3.05, 3.63) is 0 Å². The molecule has 100 valence electrons. The third kappa shape index (κ3) is 4.88. The first-order valence-corrected chi connectivity index (χ1v) is 6.70. The standard InChI is InChI=1S/C14H27NO2/c1-6-8-9-11-14(5,10-7-2)15(12(3)16)13(4)17/h6-11H2,1-5H3. The van der Waals surface area contributed by atoms with Gasteiger partial charge in [-0.3, -0.25) is 14.5 Å². The predicted octanol–water partition coefficient (Wildman–Crippen LogP) is 3.52. The molecule has 1 unspecified atom stereocenters. The number of amides is 2. The number of hydrogen-bond acceptors (Lipinski definition) is 2. The van der Waals surface area contributed by atoms with Gasteiger partial charge in [-0.05, 0) is 19.8 Å². The van der Waals surface area contributed by atoms with E-state index in [2.05, 4.69) is 13.8 Å². The Labute approximate surface area is 106 Å². The average molecular weight is 241 g/mol. The van der Waals surface area contributed by atoms with Gasteiger partial charge in [-0.25, -0.2) is 0 Å². The van der Waals surface area contributed by atoms with Crippen molar-refractivity contribution >= 4 is 11.8 Å². The summed E-state index contributed by atoms with van der Waals surface area (Å²) in [5.41, 5.74) is -0.304. The Balaban J connectivity index is 4.86. The third-order valence-corrected chi connectivity index (χ3v) is 3.28. The first kappa shape index (κ1) is 16.1. The van der Waals surface area contributed by atoms with E-state index in [1.54, 1.807) is 0 Å². The molecule has 0 aromatic rings. The monoisotopic (exact) mass is 241 g/mol. The van der Waals surface area contributed by atoms with Gasteiger partial charge in [-0.15, -0.1) is 0 Å². The minimum atomic E-state index is -0.304. The average Bonchev–Trinajstić information content (AvgIpc) is 2.16. The Morgan fingerprint density at radius 1 is 0.941 bits per heavy atom. The first-order valence-electron chi connectivity index (χ1n) is 6.70. The summed E-state index contributed by atoms with van der Waals surface area (Å²) in [5, 5.41) is 0. The van der Waals surface area contributed by atoms with Gasteiger partial charge in [0.1, 0.15) is 0 Å². The Bertz CT molecular complexity index is 249. The van der Waals surface area contributed by atoms with Crippen LogP contribution < -0.4 is 0 Å². The molecule has 0 heterocycles. The number of imide groups is 1. The summed E-state index contributed by atoms with van der Waals surface area (Å²) in [6.07, 6.45) is 6.17. The molecule has 0 N–H and O–H groups in total. The van der Waals surface area contributed by atoms with Crippen LogP contribution in [0.2, 0.25) is 0 Å². The zero-order valence-corrected chi connectivity index (χ0v) is 12.0. The van der Waals surface area contributed by atoms with Crippen molar-refractivity contribution in [1.82, 2.24) is 4.90 Å². The lowest BCUT2D eigenvalue weighted by atomic mass is 9.87. The van der Waals surface area contributed by atoms with Crippen LogP contribution in [0.5, 0.6) is 0 Å². The molecule has 0 rings (SSSR count). The first-order chi connectivity index (χ1) is 7.89. The second-order valence-electron chi connectivity index (χ2n) is 5.08. The second-order valence-corrected chi connectivity index (χ2v) is 5.08. The number of unbranched alkanes of at least 4 members (excludes halogenated alkanes) is 2. The van der Waals surface area contributed by atoms with Gasteiger partial charge < -0.3 is 0 Å². The Morgan fingerprint density at radius 3 is 1.82 bits per heavy atom. The minimum Gasteiger partial charge on any atom is -0.277 e. The van der Waals surface area contributed by atoms with Gasteiger partial charge in [0.25, 0.3) is 0 Å². The highest BCUT2D eigenvalue weighted by Crippen LogP contribution is 2.28. The molecule has 0 spiro atoms. The van der Waals surface area contributed by atoms with Crippen molar-refractivity contribution in [2.24, 2.45) is 0 Å². The van der Waals surface area contributed by atoms with E-state index in [9.17, 15) is 9.59 Å². The van der Waals surface area contributed by atoms with Gasteiger partial charge in [0.05, 0.1) is 0 Å². The van der Waals surface area contributed by atoms with E-state index in [1.807, 2.05) is 6.92 Å². The Hall–Kier alpha value is -0.860. The van der Waals surface area contributed by atoms with Crippen molar-refractivity contribution in [3.8, 4) is 0 Å². The smallest absolute Gasteiger partial charge is 0.226 e. The molecule has 0 aromatic carbocycles. The number of carbonyl (C=O) groups is 2. The maximum absolute atomic E-state index is 11.6. The SMILES string of the molecule is CCCCCC(C)(CCC)N(C(C)=O)C(C)=O. The van der Waals surface area contributed by atoms with Crippen LogP contribution in [0.3, 0.4) is 0 Å². The van der Waals surface area contributed by atoms with Crippen molar-refractivity contribution in [3.63, 3.8) is 0 Å². The number of carbonyl (C=O) groups excluding carboxylic acids is 2. The van der Waals surface area contributed by atoms with E-state index in [4.69, 9.17) is 0 Å². The van der Waals surface area contributed by atoms with Crippen LogP contribution in [0.1, 0.15) is 73.1 Å². The van der Waals surface area contributed by atoms with Crippen molar-refractivity contribution in [1.29, 1.82) is 0 Å². The molecule has 0 aliphatic carbocycles. The van der Waals surface area contributed by atoms with Gasteiger partial charge in [0, 0.05) is 19.4 Å². The van der Waals surface area contributed by atoms with Crippen LogP contribution in [0, 0.1) is 0 Å². The van der Waals surface area contributed by atoms with Gasteiger partial charge in [0.15, 0.2) is 0 Å². The molecule has 1 atom stereocenters. The fraction of sp³-hybridized carbons (Fsp3) is 0.857. The van der Waals surface area contributed by atoms with Crippen LogP contribution in [-0.2, 0) is 9.59 Å². The molecule has 0 saturated heterocycles. The highest BCUT2D eigenvalue weighted by atomic mass is 16.2. The zero-order chi connectivity index (χ0) is 13.5. The highest BCUT2D eigenvalue weighted by Gasteiger charge is 2.35. The summed E-state index contributed by atoms with van der Waals surface area (Å²) in [4.78, 5) is 24.7. The lowest BCUT2D eigenvalue weighted by molar-refractivity contribution is -0.149. The lowest BCUT2D eigenvalue weighted by Crippen LogP contribution is -2.51. The molecule has 0 aliphatic rings. The molecule has 0 fully saturated rings. The molecular formula is C14H27NO2. The van der Waals surface area contributed by atoms with Crippen LogP contribution in [-0.4, -0.2) is 22.3 Å².